The van der Waals surface area contributed by atoms with Crippen molar-refractivity contribution in [3.63, 3.8) is 0 Å². The molecule has 1 aromatic rings. The summed E-state index contributed by atoms with van der Waals surface area (Å²) in [5.41, 5.74) is -3.98. The number of benzene rings is 1. The summed E-state index contributed by atoms with van der Waals surface area (Å²) in [6, 6.07) is 6.10. The quantitative estimate of drug-likeness (QED) is 0.785. The van der Waals surface area contributed by atoms with Gasteiger partial charge in [0, 0.05) is 25.5 Å². The summed E-state index contributed by atoms with van der Waals surface area (Å²) in [6.45, 7) is 0. The number of amides is 2. The monoisotopic (exact) mass is 331 g/mol. The number of ether oxygens (including phenoxy) is 1. The molecule has 2 rings (SSSR count). The second kappa shape index (κ2) is 5.99. The van der Waals surface area contributed by atoms with Crippen molar-refractivity contribution in [1.82, 2.24) is 5.06 Å². The Hall–Kier alpha value is -2.42. The predicted molar refractivity (Wildman–Crippen MR) is 68.4 cm³/mol. The number of alkyl halides is 3. The average molecular weight is 331 g/mol. The van der Waals surface area contributed by atoms with Crippen LogP contribution < -0.4 is 0 Å². The Morgan fingerprint density at radius 3 is 2.04 bits per heavy atom. The molecule has 0 bridgehead atoms. The average Bonchev–Trinajstić information content (AvgIpc) is 2.80. The second-order valence-corrected chi connectivity index (χ2v) is 4.71. The Balaban J connectivity index is 2.44. The molecule has 2 amide bonds. The minimum atomic E-state index is -5.17. The van der Waals surface area contributed by atoms with Gasteiger partial charge in [-0.3, -0.25) is 9.59 Å². The summed E-state index contributed by atoms with van der Waals surface area (Å²) in [5, 5.41) is 0.0464. The molecule has 1 saturated heterocycles. The fourth-order valence-electron chi connectivity index (χ4n) is 2.19. The maximum atomic E-state index is 13.6. The Morgan fingerprint density at radius 1 is 1.09 bits per heavy atom. The molecule has 0 radical (unpaired) electrons. The molecule has 9 heteroatoms. The highest BCUT2D eigenvalue weighted by atomic mass is 19.4. The van der Waals surface area contributed by atoms with Crippen molar-refractivity contribution in [3.8, 4) is 0 Å². The fourth-order valence-corrected chi connectivity index (χ4v) is 2.19. The van der Waals surface area contributed by atoms with Crippen molar-refractivity contribution in [2.24, 2.45) is 0 Å². The van der Waals surface area contributed by atoms with E-state index in [0.29, 0.717) is 7.11 Å². The summed E-state index contributed by atoms with van der Waals surface area (Å²) in [6.07, 6.45) is -5.64. The Bertz CT molecular complexity index is 615. The molecular weight excluding hydrogens is 319 g/mol. The largest absolute Gasteiger partial charge is 0.432 e. The van der Waals surface area contributed by atoms with Gasteiger partial charge in [0.25, 0.3) is 17.4 Å². The van der Waals surface area contributed by atoms with Gasteiger partial charge in [0.05, 0.1) is 0 Å². The van der Waals surface area contributed by atoms with Crippen molar-refractivity contribution in [1.29, 1.82) is 0 Å². The van der Waals surface area contributed by atoms with E-state index in [1.165, 1.54) is 18.2 Å². The lowest BCUT2D eigenvalue weighted by molar-refractivity contribution is -0.287. The summed E-state index contributed by atoms with van der Waals surface area (Å²) < 4.78 is 45.2. The fraction of sp³-hybridized carbons (Fsp3) is 0.357. The zero-order valence-corrected chi connectivity index (χ0v) is 11.9. The van der Waals surface area contributed by atoms with Gasteiger partial charge in [-0.15, -0.1) is 5.06 Å². The SMILES string of the molecule is CO[C@@](C(=O)ON1C(=O)CCC1=O)(c1ccccc1)C(F)(F)F. The molecule has 0 aliphatic carbocycles. The Labute approximate surface area is 128 Å². The first kappa shape index (κ1) is 16.9. The minimum absolute atomic E-state index is 0.0464. The van der Waals surface area contributed by atoms with Gasteiger partial charge in [0.15, 0.2) is 0 Å². The molecule has 6 nitrogen and oxygen atoms in total. The van der Waals surface area contributed by atoms with Crippen LogP contribution in [-0.2, 0) is 29.6 Å². The number of carbonyl (C=O) groups excluding carboxylic acids is 3. The van der Waals surface area contributed by atoms with Crippen LogP contribution in [-0.4, -0.2) is 36.1 Å². The van der Waals surface area contributed by atoms with Gasteiger partial charge >= 0.3 is 12.1 Å². The lowest BCUT2D eigenvalue weighted by Gasteiger charge is -2.32. The van der Waals surface area contributed by atoms with Crippen LogP contribution in [0.25, 0.3) is 0 Å². The predicted octanol–water partition coefficient (Wildman–Crippen LogP) is 1.70. The van der Waals surface area contributed by atoms with Crippen LogP contribution in [0, 0.1) is 0 Å². The number of halogens is 3. The third kappa shape index (κ3) is 2.79. The summed E-state index contributed by atoms with van der Waals surface area (Å²) in [4.78, 5) is 39.5. The molecule has 1 heterocycles. The first-order valence-electron chi connectivity index (χ1n) is 6.49. The van der Waals surface area contributed by atoms with Gasteiger partial charge in [0.1, 0.15) is 0 Å². The number of carbonyl (C=O) groups is 3. The molecular formula is C14H12F3NO5. The van der Waals surface area contributed by atoms with E-state index in [-0.39, 0.29) is 17.9 Å². The molecule has 1 aromatic carbocycles. The lowest BCUT2D eigenvalue weighted by Crippen LogP contribution is -2.53. The van der Waals surface area contributed by atoms with Gasteiger partial charge in [-0.1, -0.05) is 30.3 Å². The molecule has 1 aliphatic heterocycles. The molecule has 0 spiro atoms. The topological polar surface area (TPSA) is 72.9 Å². The highest BCUT2D eigenvalue weighted by Crippen LogP contribution is 2.43. The van der Waals surface area contributed by atoms with E-state index >= 15 is 0 Å². The van der Waals surface area contributed by atoms with E-state index in [1.807, 2.05) is 0 Å². The smallest absolute Gasteiger partial charge is 0.355 e. The molecule has 0 aromatic heterocycles. The van der Waals surface area contributed by atoms with E-state index < -0.39 is 35.1 Å². The van der Waals surface area contributed by atoms with Crippen molar-refractivity contribution in [3.05, 3.63) is 35.9 Å². The van der Waals surface area contributed by atoms with Gasteiger partial charge in [-0.25, -0.2) is 4.79 Å². The van der Waals surface area contributed by atoms with Crippen molar-refractivity contribution in [2.45, 2.75) is 24.6 Å². The number of hydrogen-bond acceptors (Lipinski definition) is 5. The minimum Gasteiger partial charge on any atom is -0.355 e. The van der Waals surface area contributed by atoms with Crippen LogP contribution in [0.3, 0.4) is 0 Å². The van der Waals surface area contributed by atoms with Crippen LogP contribution in [0.5, 0.6) is 0 Å². The molecule has 0 N–H and O–H groups in total. The molecule has 124 valence electrons. The van der Waals surface area contributed by atoms with Crippen molar-refractivity contribution < 1.29 is 37.1 Å². The second-order valence-electron chi connectivity index (χ2n) is 4.71. The molecule has 1 atom stereocenters. The highest BCUT2D eigenvalue weighted by molar-refractivity contribution is 6.02. The number of hydrogen-bond donors (Lipinski definition) is 0. The summed E-state index contributed by atoms with van der Waals surface area (Å²) in [5.74, 6) is -3.69. The van der Waals surface area contributed by atoms with E-state index in [9.17, 15) is 27.6 Å². The number of methoxy groups -OCH3 is 1. The third-order valence-corrected chi connectivity index (χ3v) is 3.35. The lowest BCUT2D eigenvalue weighted by atomic mass is 9.93. The number of nitrogens with zero attached hydrogens (tertiary/aromatic N) is 1. The maximum absolute atomic E-state index is 13.6. The van der Waals surface area contributed by atoms with Crippen LogP contribution >= 0.6 is 0 Å². The van der Waals surface area contributed by atoms with Crippen molar-refractivity contribution >= 4 is 17.8 Å². The summed E-state index contributed by atoms with van der Waals surface area (Å²) in [7, 11) is 0.690. The molecule has 1 fully saturated rings. The Kier molecular flexibility index (Phi) is 4.42. The zero-order chi connectivity index (χ0) is 17.3. The molecule has 0 unspecified atom stereocenters. The van der Waals surface area contributed by atoms with Crippen LogP contribution in [0.2, 0.25) is 0 Å². The van der Waals surface area contributed by atoms with Gasteiger partial charge < -0.3 is 9.57 Å². The number of hydroxylamine groups is 2. The zero-order valence-electron chi connectivity index (χ0n) is 11.9. The molecule has 0 saturated carbocycles. The normalized spacial score (nSPS) is 18.0. The van der Waals surface area contributed by atoms with Gasteiger partial charge in [-0.05, 0) is 0 Å². The first-order valence-corrected chi connectivity index (χ1v) is 6.49. The standard InChI is InChI=1S/C14H12F3NO5/c1-22-13(14(15,16)17,9-5-3-2-4-6-9)12(21)23-18-10(19)7-8-11(18)20/h2-6H,7-8H2,1H3/t13-/m1/s1. The van der Waals surface area contributed by atoms with E-state index in [2.05, 4.69) is 9.57 Å². The van der Waals surface area contributed by atoms with Gasteiger partial charge in [-0.2, -0.15) is 13.2 Å². The number of imide groups is 1. The number of rotatable bonds is 4. The first-order chi connectivity index (χ1) is 10.7. The van der Waals surface area contributed by atoms with E-state index in [1.54, 1.807) is 0 Å². The van der Waals surface area contributed by atoms with Crippen molar-refractivity contribution in [2.75, 3.05) is 7.11 Å². The Morgan fingerprint density at radius 2 is 1.61 bits per heavy atom. The third-order valence-electron chi connectivity index (χ3n) is 3.35. The molecule has 1 aliphatic rings. The molecule has 23 heavy (non-hydrogen) atoms. The van der Waals surface area contributed by atoms with Crippen LogP contribution in [0.4, 0.5) is 13.2 Å². The maximum Gasteiger partial charge on any atom is 0.432 e. The van der Waals surface area contributed by atoms with E-state index in [0.717, 1.165) is 12.1 Å². The van der Waals surface area contributed by atoms with E-state index in [4.69, 9.17) is 0 Å². The van der Waals surface area contributed by atoms with Crippen LogP contribution in [0.15, 0.2) is 30.3 Å². The van der Waals surface area contributed by atoms with Gasteiger partial charge in [0.2, 0.25) is 0 Å². The van der Waals surface area contributed by atoms with Crippen LogP contribution in [0.1, 0.15) is 18.4 Å². The summed E-state index contributed by atoms with van der Waals surface area (Å²) >= 11 is 0. The highest BCUT2D eigenvalue weighted by Gasteiger charge is 2.65.